The van der Waals surface area contributed by atoms with Gasteiger partial charge < -0.3 is 35.3 Å². The SMILES string of the molecule is C[C@@H]1CN(c2ncc(C#Cc3ccc(C[C@H](NC(=O)OC(C)(C)C)[C@@H](O)CN(Cc4c(F)cc(C(=C/N)/C=N/C(F)F)cc4F)NC(=O)OC(C)(C)C)cc3)cn2)C[C@H](C)O1. The molecular formula is C43H54F4N8O6. The predicted molar refractivity (Wildman–Crippen MR) is 222 cm³/mol. The highest BCUT2D eigenvalue weighted by atomic mass is 19.3. The number of anilines is 1. The van der Waals surface area contributed by atoms with E-state index in [4.69, 9.17) is 19.9 Å². The van der Waals surface area contributed by atoms with Crippen molar-refractivity contribution in [3.63, 3.8) is 0 Å². The lowest BCUT2D eigenvalue weighted by Crippen LogP contribution is -2.54. The zero-order valence-corrected chi connectivity index (χ0v) is 35.5. The zero-order chi connectivity index (χ0) is 45.1. The third-order valence-corrected chi connectivity index (χ3v) is 8.65. The molecule has 0 saturated carbocycles. The smallest absolute Gasteiger partial charge is 0.422 e. The maximum atomic E-state index is 15.6. The van der Waals surface area contributed by atoms with Crippen LogP contribution in [0.3, 0.4) is 0 Å². The van der Waals surface area contributed by atoms with Crippen molar-refractivity contribution in [2.24, 2.45) is 10.7 Å². The van der Waals surface area contributed by atoms with Crippen molar-refractivity contribution >= 4 is 29.9 Å². The van der Waals surface area contributed by atoms with Crippen molar-refractivity contribution in [1.82, 2.24) is 25.7 Å². The molecule has 3 aromatic rings. The number of alkyl carbamates (subject to hydrolysis) is 1. The lowest BCUT2D eigenvalue weighted by atomic mass is 9.99. The van der Waals surface area contributed by atoms with Crippen molar-refractivity contribution < 1.29 is 46.5 Å². The van der Waals surface area contributed by atoms with Gasteiger partial charge in [0.05, 0.1) is 29.9 Å². The minimum atomic E-state index is -3.07. The number of benzene rings is 2. The molecule has 0 spiro atoms. The molecule has 0 aliphatic carbocycles. The maximum absolute atomic E-state index is 15.6. The normalized spacial score (nSPS) is 17.2. The van der Waals surface area contributed by atoms with Gasteiger partial charge in [-0.1, -0.05) is 24.0 Å². The number of aliphatic hydroxyl groups is 1. The molecule has 1 fully saturated rings. The average Bonchev–Trinajstić information content (AvgIpc) is 3.14. The van der Waals surface area contributed by atoms with Crippen molar-refractivity contribution in [3.05, 3.63) is 94.4 Å². The first-order valence-electron chi connectivity index (χ1n) is 19.5. The Morgan fingerprint density at radius 1 is 0.984 bits per heavy atom. The third-order valence-electron chi connectivity index (χ3n) is 8.65. The Morgan fingerprint density at radius 3 is 2.08 bits per heavy atom. The Kier molecular flexibility index (Phi) is 16.6. The summed E-state index contributed by atoms with van der Waals surface area (Å²) in [6.07, 6.45) is 1.72. The van der Waals surface area contributed by atoms with Crippen molar-refractivity contribution in [2.75, 3.05) is 24.5 Å². The van der Waals surface area contributed by atoms with Gasteiger partial charge in [0, 0.05) is 67.7 Å². The summed E-state index contributed by atoms with van der Waals surface area (Å²) in [4.78, 5) is 39.9. The van der Waals surface area contributed by atoms with E-state index < -0.39 is 72.4 Å². The predicted octanol–water partition coefficient (Wildman–Crippen LogP) is 6.10. The monoisotopic (exact) mass is 854 g/mol. The van der Waals surface area contributed by atoms with E-state index in [1.807, 2.05) is 13.8 Å². The number of ether oxygens (including phenoxy) is 3. The lowest BCUT2D eigenvalue weighted by molar-refractivity contribution is -0.00573. The van der Waals surface area contributed by atoms with E-state index in [9.17, 15) is 23.5 Å². The second kappa shape index (κ2) is 21.2. The number of carbonyl (C=O) groups is 2. The Balaban J connectivity index is 1.56. The van der Waals surface area contributed by atoms with Crippen LogP contribution in [0, 0.1) is 23.5 Å². The maximum Gasteiger partial charge on any atom is 0.422 e. The summed E-state index contributed by atoms with van der Waals surface area (Å²) in [6.45, 7) is 11.0. The molecule has 1 saturated heterocycles. The number of rotatable bonds is 13. The van der Waals surface area contributed by atoms with Crippen LogP contribution in [-0.4, -0.2) is 100 Å². The van der Waals surface area contributed by atoms with E-state index >= 15 is 8.78 Å². The van der Waals surface area contributed by atoms with Gasteiger partial charge in [-0.25, -0.2) is 38.3 Å². The van der Waals surface area contributed by atoms with Crippen LogP contribution >= 0.6 is 0 Å². The van der Waals surface area contributed by atoms with Gasteiger partial charge in [0.15, 0.2) is 0 Å². The van der Waals surface area contributed by atoms with Gasteiger partial charge in [0.2, 0.25) is 5.95 Å². The van der Waals surface area contributed by atoms with Crippen molar-refractivity contribution in [2.45, 2.75) is 110 Å². The van der Waals surface area contributed by atoms with Crippen molar-refractivity contribution in [3.8, 4) is 11.8 Å². The van der Waals surface area contributed by atoms with Crippen LogP contribution in [0.15, 0.2) is 60.0 Å². The van der Waals surface area contributed by atoms with E-state index in [1.165, 1.54) is 0 Å². The molecule has 0 unspecified atom stereocenters. The number of aliphatic imine (C=N–C) groups is 1. The molecule has 4 rings (SSSR count). The van der Waals surface area contributed by atoms with Crippen LogP contribution < -0.4 is 21.4 Å². The van der Waals surface area contributed by atoms with Gasteiger partial charge in [-0.2, -0.15) is 8.78 Å². The molecule has 2 amide bonds. The van der Waals surface area contributed by atoms with Gasteiger partial charge in [0.1, 0.15) is 22.8 Å². The molecule has 1 aliphatic heterocycles. The first kappa shape index (κ1) is 47.9. The number of hydrazine groups is 1. The molecule has 14 nitrogen and oxygen atoms in total. The molecule has 0 radical (unpaired) electrons. The molecular weight excluding hydrogens is 801 g/mol. The van der Waals surface area contributed by atoms with E-state index in [0.29, 0.717) is 41.9 Å². The Morgan fingerprint density at radius 2 is 1.54 bits per heavy atom. The third kappa shape index (κ3) is 16.0. The number of nitrogens with two attached hydrogens (primary N) is 1. The number of nitrogens with zero attached hydrogens (tertiary/aromatic N) is 5. The number of amides is 2. The van der Waals surface area contributed by atoms with E-state index in [2.05, 4.69) is 42.4 Å². The highest BCUT2D eigenvalue weighted by Crippen LogP contribution is 2.23. The van der Waals surface area contributed by atoms with Gasteiger partial charge in [-0.15, -0.1) is 0 Å². The Bertz CT molecular complexity index is 2050. The average molecular weight is 855 g/mol. The topological polar surface area (TPSA) is 177 Å². The number of morpholine rings is 1. The first-order valence-corrected chi connectivity index (χ1v) is 19.5. The molecule has 0 bridgehead atoms. The fourth-order valence-corrected chi connectivity index (χ4v) is 6.15. The molecule has 4 atom stereocenters. The Labute approximate surface area is 353 Å². The fraction of sp³-hybridized carbons (Fsp3) is 0.465. The number of aromatic nitrogens is 2. The second-order valence-corrected chi connectivity index (χ2v) is 16.5. The summed E-state index contributed by atoms with van der Waals surface area (Å²) in [5.41, 5.74) is 7.13. The summed E-state index contributed by atoms with van der Waals surface area (Å²) in [5.74, 6) is 4.52. The number of hydrogen-bond acceptors (Lipinski definition) is 12. The van der Waals surface area contributed by atoms with Crippen molar-refractivity contribution in [1.29, 1.82) is 0 Å². The highest BCUT2D eigenvalue weighted by molar-refractivity contribution is 6.09. The van der Waals surface area contributed by atoms with E-state index in [1.54, 1.807) is 78.2 Å². The second-order valence-electron chi connectivity index (χ2n) is 16.5. The van der Waals surface area contributed by atoms with Crippen LogP contribution in [0.1, 0.15) is 83.2 Å². The van der Waals surface area contributed by atoms with Crippen LogP contribution in [0.2, 0.25) is 0 Å². The number of alkyl halides is 2. The van der Waals surface area contributed by atoms with Gasteiger partial charge in [-0.3, -0.25) is 5.43 Å². The summed E-state index contributed by atoms with van der Waals surface area (Å²) >= 11 is 0. The summed E-state index contributed by atoms with van der Waals surface area (Å²) in [7, 11) is 0. The quantitative estimate of drug-likeness (QED) is 0.0514. The van der Waals surface area contributed by atoms with Gasteiger partial charge in [0.25, 0.3) is 0 Å². The van der Waals surface area contributed by atoms with E-state index in [0.717, 1.165) is 23.3 Å². The van der Waals surface area contributed by atoms with Crippen LogP contribution in [0.5, 0.6) is 0 Å². The van der Waals surface area contributed by atoms with Gasteiger partial charge >= 0.3 is 18.7 Å². The standard InChI is InChI=1S/C43H54F4N8O6/c1-26-22-54(23-27(2)59-26)39-50-19-30(20-51-39)14-11-28-9-12-29(13-10-28)15-36(52-40(57)60-42(3,4)5)37(56)25-55(53-41(58)61-43(6,7)8)24-33-34(44)16-31(17-35(33)45)32(18-48)21-49-38(46)47/h9-10,12-13,16-21,26-27,36-38,56H,15,22-25,48H2,1-8H3,(H,52,57)(H,53,58)/b32-18+,49-21+/t26-,27+,36-,37-/m0/s1. The summed E-state index contributed by atoms with van der Waals surface area (Å²) in [5, 5.41) is 15.4. The molecule has 1 aromatic heterocycles. The minimum Gasteiger partial charge on any atom is -0.444 e. The number of aliphatic hydroxyl groups excluding tert-OH is 1. The van der Waals surface area contributed by atoms with Crippen LogP contribution in [0.4, 0.5) is 33.1 Å². The van der Waals surface area contributed by atoms with Gasteiger partial charge in [-0.05, 0) is 97.2 Å². The number of allylic oxidation sites excluding steroid dienone is 1. The molecule has 2 aromatic carbocycles. The summed E-state index contributed by atoms with van der Waals surface area (Å²) < 4.78 is 73.1. The lowest BCUT2D eigenvalue weighted by Gasteiger charge is -2.35. The number of halogens is 4. The number of nitrogens with one attached hydrogen (secondary N) is 2. The molecule has 1 aliphatic rings. The molecule has 2 heterocycles. The molecule has 5 N–H and O–H groups in total. The first-order chi connectivity index (χ1) is 28.6. The minimum absolute atomic E-state index is 0.0499. The zero-order valence-electron chi connectivity index (χ0n) is 35.5. The van der Waals surface area contributed by atoms with E-state index in [-0.39, 0.29) is 29.8 Å². The van der Waals surface area contributed by atoms with Crippen LogP contribution in [0.25, 0.3) is 5.57 Å². The number of carbonyl (C=O) groups excluding carboxylic acids is 2. The molecule has 61 heavy (non-hydrogen) atoms. The van der Waals surface area contributed by atoms with Crippen LogP contribution in [-0.2, 0) is 27.2 Å². The highest BCUT2D eigenvalue weighted by Gasteiger charge is 2.30. The Hall–Kier alpha value is -5.77. The summed E-state index contributed by atoms with van der Waals surface area (Å²) in [6, 6.07) is 7.73. The number of hydrogen-bond donors (Lipinski definition) is 4. The fourth-order valence-electron chi connectivity index (χ4n) is 6.15. The molecule has 18 heteroatoms. The molecule has 330 valence electrons. The largest absolute Gasteiger partial charge is 0.444 e.